The number of rotatable bonds is 4. The van der Waals surface area contributed by atoms with Crippen LogP contribution < -0.4 is 10.1 Å². The summed E-state index contributed by atoms with van der Waals surface area (Å²) in [5, 5.41) is 4.07. The van der Waals surface area contributed by atoms with Crippen molar-refractivity contribution in [3.05, 3.63) is 45.2 Å². The molecule has 1 aromatic heterocycles. The van der Waals surface area contributed by atoms with Crippen LogP contribution in [0.25, 0.3) is 0 Å². The summed E-state index contributed by atoms with van der Waals surface area (Å²) in [5.41, 5.74) is 0.954. The van der Waals surface area contributed by atoms with Crippen molar-refractivity contribution in [3.63, 3.8) is 0 Å². The fourth-order valence-electron chi connectivity index (χ4n) is 1.37. The molecule has 100 valence electrons. The molecule has 2 rings (SSSR count). The lowest BCUT2D eigenvalue weighted by molar-refractivity contribution is 0.441. The predicted molar refractivity (Wildman–Crippen MR) is 76.3 cm³/mol. The van der Waals surface area contributed by atoms with E-state index in [-0.39, 0.29) is 6.01 Å². The standard InChI is InChI=1S/C12H10Cl3N3O/c1-16-4-7-5-17-12(18-6-7)19-11-3-9(14)8(13)2-10(11)15/h2-3,5-6,16H,4H2,1H3. The fraction of sp³-hybridized carbons (Fsp3) is 0.167. The van der Waals surface area contributed by atoms with E-state index in [1.165, 1.54) is 12.1 Å². The third-order valence-corrected chi connectivity index (χ3v) is 3.26. The van der Waals surface area contributed by atoms with Crippen molar-refractivity contribution >= 4 is 34.8 Å². The third kappa shape index (κ3) is 3.70. The van der Waals surface area contributed by atoms with E-state index in [4.69, 9.17) is 39.5 Å². The van der Waals surface area contributed by atoms with E-state index in [1.54, 1.807) is 12.4 Å². The largest absolute Gasteiger partial charge is 0.423 e. The zero-order chi connectivity index (χ0) is 13.8. The van der Waals surface area contributed by atoms with Gasteiger partial charge >= 0.3 is 6.01 Å². The van der Waals surface area contributed by atoms with E-state index in [1.807, 2.05) is 7.05 Å². The molecule has 4 nitrogen and oxygen atoms in total. The number of nitrogens with zero attached hydrogens (tertiary/aromatic N) is 2. The first kappa shape index (κ1) is 14.3. The second-order valence-electron chi connectivity index (χ2n) is 3.70. The molecule has 1 N–H and O–H groups in total. The van der Waals surface area contributed by atoms with Gasteiger partial charge in [0.15, 0.2) is 5.75 Å². The maximum atomic E-state index is 6.00. The summed E-state index contributed by atoms with van der Waals surface area (Å²) in [6.45, 7) is 0.688. The predicted octanol–water partition coefficient (Wildman–Crippen LogP) is 3.95. The Bertz CT molecular complexity index is 575. The number of halogens is 3. The number of nitrogens with one attached hydrogen (secondary N) is 1. The first-order valence-electron chi connectivity index (χ1n) is 5.38. The Labute approximate surface area is 125 Å². The Morgan fingerprint density at radius 3 is 2.32 bits per heavy atom. The quantitative estimate of drug-likeness (QED) is 0.867. The van der Waals surface area contributed by atoms with E-state index in [2.05, 4.69) is 15.3 Å². The van der Waals surface area contributed by atoms with Crippen molar-refractivity contribution in [3.8, 4) is 11.8 Å². The molecule has 0 aliphatic heterocycles. The summed E-state index contributed by atoms with van der Waals surface area (Å²) in [6.07, 6.45) is 3.34. The molecule has 0 unspecified atom stereocenters. The van der Waals surface area contributed by atoms with Crippen molar-refractivity contribution in [2.24, 2.45) is 0 Å². The lowest BCUT2D eigenvalue weighted by atomic mass is 10.3. The van der Waals surface area contributed by atoms with Gasteiger partial charge in [0.25, 0.3) is 0 Å². The molecule has 0 radical (unpaired) electrons. The smallest absolute Gasteiger partial charge is 0.321 e. The Hall–Kier alpha value is -1.07. The highest BCUT2D eigenvalue weighted by atomic mass is 35.5. The second kappa shape index (κ2) is 6.39. The summed E-state index contributed by atoms with van der Waals surface area (Å²) >= 11 is 17.7. The van der Waals surface area contributed by atoms with Gasteiger partial charge in [-0.15, -0.1) is 0 Å². The van der Waals surface area contributed by atoms with Crippen LogP contribution in [0.15, 0.2) is 24.5 Å². The first-order chi connectivity index (χ1) is 9.10. The molecule has 0 saturated heterocycles. The zero-order valence-corrected chi connectivity index (χ0v) is 12.2. The monoisotopic (exact) mass is 317 g/mol. The van der Waals surface area contributed by atoms with E-state index < -0.39 is 0 Å². The van der Waals surface area contributed by atoms with E-state index in [0.717, 1.165) is 5.56 Å². The van der Waals surface area contributed by atoms with Crippen LogP contribution in [0.4, 0.5) is 0 Å². The van der Waals surface area contributed by atoms with Crippen LogP contribution in [0.2, 0.25) is 15.1 Å². The SMILES string of the molecule is CNCc1cnc(Oc2cc(Cl)c(Cl)cc2Cl)nc1. The lowest BCUT2D eigenvalue weighted by Crippen LogP contribution is -2.06. The van der Waals surface area contributed by atoms with Gasteiger partial charge in [0.2, 0.25) is 0 Å². The van der Waals surface area contributed by atoms with Crippen LogP contribution in [0.1, 0.15) is 5.56 Å². The molecule has 0 spiro atoms. The van der Waals surface area contributed by atoms with Crippen molar-refractivity contribution in [1.82, 2.24) is 15.3 Å². The number of ether oxygens (including phenoxy) is 1. The highest BCUT2D eigenvalue weighted by molar-refractivity contribution is 6.43. The van der Waals surface area contributed by atoms with Gasteiger partial charge in [0.05, 0.1) is 15.1 Å². The zero-order valence-electron chi connectivity index (χ0n) is 9.95. The van der Waals surface area contributed by atoms with Crippen molar-refractivity contribution in [2.75, 3.05) is 7.05 Å². The molecule has 0 bridgehead atoms. The Kier molecular flexibility index (Phi) is 4.82. The fourth-order valence-corrected chi connectivity index (χ4v) is 1.95. The Morgan fingerprint density at radius 2 is 1.68 bits per heavy atom. The van der Waals surface area contributed by atoms with Gasteiger partial charge in [0.1, 0.15) is 0 Å². The van der Waals surface area contributed by atoms with Gasteiger partial charge in [-0.3, -0.25) is 0 Å². The minimum Gasteiger partial charge on any atom is -0.423 e. The maximum Gasteiger partial charge on any atom is 0.321 e. The highest BCUT2D eigenvalue weighted by Gasteiger charge is 2.09. The van der Waals surface area contributed by atoms with Crippen molar-refractivity contribution in [1.29, 1.82) is 0 Å². The Balaban J connectivity index is 2.19. The lowest BCUT2D eigenvalue weighted by Gasteiger charge is -2.07. The Morgan fingerprint density at radius 1 is 1.05 bits per heavy atom. The molecule has 7 heteroatoms. The van der Waals surface area contributed by atoms with Crippen LogP contribution >= 0.6 is 34.8 Å². The first-order valence-corrected chi connectivity index (χ1v) is 6.51. The van der Waals surface area contributed by atoms with Gasteiger partial charge in [-0.1, -0.05) is 34.8 Å². The number of hydrogen-bond acceptors (Lipinski definition) is 4. The maximum absolute atomic E-state index is 6.00. The van der Waals surface area contributed by atoms with Crippen LogP contribution in [-0.4, -0.2) is 17.0 Å². The van der Waals surface area contributed by atoms with E-state index >= 15 is 0 Å². The summed E-state index contributed by atoms with van der Waals surface area (Å²) in [6, 6.07) is 3.23. The van der Waals surface area contributed by atoms with Crippen LogP contribution in [0.5, 0.6) is 11.8 Å². The van der Waals surface area contributed by atoms with Gasteiger partial charge in [-0.05, 0) is 13.1 Å². The van der Waals surface area contributed by atoms with Gasteiger partial charge in [0, 0.05) is 30.6 Å². The molecular weight excluding hydrogens is 309 g/mol. The molecule has 2 aromatic rings. The third-order valence-electron chi connectivity index (χ3n) is 2.24. The molecular formula is C12H10Cl3N3O. The van der Waals surface area contributed by atoms with E-state index in [0.29, 0.717) is 27.4 Å². The molecule has 1 heterocycles. The van der Waals surface area contributed by atoms with E-state index in [9.17, 15) is 0 Å². The molecule has 19 heavy (non-hydrogen) atoms. The van der Waals surface area contributed by atoms with Crippen molar-refractivity contribution in [2.45, 2.75) is 6.54 Å². The molecule has 1 aromatic carbocycles. The molecule has 0 saturated carbocycles. The molecule has 0 atom stereocenters. The van der Waals surface area contributed by atoms with Crippen LogP contribution in [-0.2, 0) is 6.54 Å². The summed E-state index contributed by atoms with van der Waals surface area (Å²) in [7, 11) is 1.85. The van der Waals surface area contributed by atoms with Crippen LogP contribution in [0.3, 0.4) is 0 Å². The number of benzene rings is 1. The van der Waals surface area contributed by atoms with Crippen LogP contribution in [0, 0.1) is 0 Å². The summed E-state index contributed by atoms with van der Waals surface area (Å²) in [5.74, 6) is 0.359. The average Bonchev–Trinajstić information content (AvgIpc) is 2.38. The molecule has 0 aliphatic carbocycles. The molecule has 0 aliphatic rings. The van der Waals surface area contributed by atoms with Gasteiger partial charge < -0.3 is 10.1 Å². The summed E-state index contributed by atoms with van der Waals surface area (Å²) < 4.78 is 5.46. The summed E-state index contributed by atoms with van der Waals surface area (Å²) in [4.78, 5) is 8.16. The van der Waals surface area contributed by atoms with Crippen molar-refractivity contribution < 1.29 is 4.74 Å². The number of hydrogen-bond donors (Lipinski definition) is 1. The van der Waals surface area contributed by atoms with Gasteiger partial charge in [-0.2, -0.15) is 0 Å². The molecule has 0 fully saturated rings. The minimum absolute atomic E-state index is 0.195. The highest BCUT2D eigenvalue weighted by Crippen LogP contribution is 2.35. The average molecular weight is 319 g/mol. The number of aromatic nitrogens is 2. The second-order valence-corrected chi connectivity index (χ2v) is 4.92. The minimum atomic E-state index is 0.195. The molecule has 0 amide bonds. The van der Waals surface area contributed by atoms with Gasteiger partial charge in [-0.25, -0.2) is 9.97 Å². The normalized spacial score (nSPS) is 10.5. The topological polar surface area (TPSA) is 47.0 Å².